The second-order valence-corrected chi connectivity index (χ2v) is 9.51. The van der Waals surface area contributed by atoms with Crippen LogP contribution in [0.2, 0.25) is 19.6 Å². The highest BCUT2D eigenvalue weighted by Gasteiger charge is 2.19. The second kappa shape index (κ2) is 5.21. The van der Waals surface area contributed by atoms with E-state index >= 15 is 0 Å². The Morgan fingerprint density at radius 3 is 2.12 bits per heavy atom. The zero-order valence-electron chi connectivity index (χ0n) is 10.1. The Hall–Kier alpha value is -0.513. The lowest BCUT2D eigenvalue weighted by Gasteiger charge is -2.28. The van der Waals surface area contributed by atoms with Crippen LogP contribution in [0.4, 0.5) is 0 Å². The standard InChI is InChI=1S/C12H19NOSi.ClH/c1-15(2,3)14-11-6-4-10(5-7-11)12-8-9-13-12;/h4-7,12-13H,8-9H2,1-3H3;1H/t12-;/m1./s1. The van der Waals surface area contributed by atoms with E-state index in [4.69, 9.17) is 4.43 Å². The van der Waals surface area contributed by atoms with Crippen molar-refractivity contribution in [1.29, 1.82) is 0 Å². The van der Waals surface area contributed by atoms with Crippen molar-refractivity contribution in [3.05, 3.63) is 29.8 Å². The van der Waals surface area contributed by atoms with E-state index in [0.29, 0.717) is 6.04 Å². The van der Waals surface area contributed by atoms with Crippen LogP contribution >= 0.6 is 12.4 Å². The van der Waals surface area contributed by atoms with Gasteiger partial charge in [-0.1, -0.05) is 12.1 Å². The van der Waals surface area contributed by atoms with Crippen LogP contribution < -0.4 is 9.74 Å². The van der Waals surface area contributed by atoms with Gasteiger partial charge in [-0.15, -0.1) is 12.4 Å². The Labute approximate surface area is 105 Å². The molecule has 1 heterocycles. The molecule has 1 aromatic carbocycles. The summed E-state index contributed by atoms with van der Waals surface area (Å²) in [6.45, 7) is 7.76. The molecular weight excluding hydrogens is 238 g/mol. The van der Waals surface area contributed by atoms with Crippen molar-refractivity contribution in [2.75, 3.05) is 6.54 Å². The summed E-state index contributed by atoms with van der Waals surface area (Å²) in [5.74, 6) is 1.01. The summed E-state index contributed by atoms with van der Waals surface area (Å²) in [4.78, 5) is 0. The molecule has 1 atom stereocenters. The van der Waals surface area contributed by atoms with Crippen LogP contribution in [-0.4, -0.2) is 14.9 Å². The Balaban J connectivity index is 0.00000128. The number of rotatable bonds is 3. The van der Waals surface area contributed by atoms with Crippen molar-refractivity contribution in [2.24, 2.45) is 0 Å². The number of halogens is 1. The van der Waals surface area contributed by atoms with E-state index in [1.54, 1.807) is 0 Å². The normalized spacial score (nSPS) is 19.6. The fourth-order valence-corrected chi connectivity index (χ4v) is 2.54. The predicted molar refractivity (Wildman–Crippen MR) is 73.0 cm³/mol. The minimum absolute atomic E-state index is 0. The van der Waals surface area contributed by atoms with Gasteiger partial charge in [0.25, 0.3) is 0 Å². The first-order chi connectivity index (χ1) is 7.04. The molecule has 0 saturated carbocycles. The van der Waals surface area contributed by atoms with Crippen LogP contribution in [0.15, 0.2) is 24.3 Å². The van der Waals surface area contributed by atoms with Crippen molar-refractivity contribution in [3.63, 3.8) is 0 Å². The molecule has 16 heavy (non-hydrogen) atoms. The lowest BCUT2D eigenvalue weighted by atomic mass is 9.98. The minimum Gasteiger partial charge on any atom is -0.544 e. The summed E-state index contributed by atoms with van der Waals surface area (Å²) < 4.78 is 5.91. The molecular formula is C12H20ClNOSi. The van der Waals surface area contributed by atoms with Gasteiger partial charge in [0.1, 0.15) is 5.75 Å². The fraction of sp³-hybridized carbons (Fsp3) is 0.500. The molecule has 0 amide bonds. The number of nitrogens with one attached hydrogen (secondary N) is 1. The molecule has 0 radical (unpaired) electrons. The molecule has 1 aliphatic heterocycles. The minimum atomic E-state index is -1.45. The third-order valence-corrected chi connectivity index (χ3v) is 3.38. The maximum Gasteiger partial charge on any atom is 0.242 e. The van der Waals surface area contributed by atoms with Gasteiger partial charge in [0.2, 0.25) is 8.32 Å². The molecule has 0 spiro atoms. The van der Waals surface area contributed by atoms with Gasteiger partial charge in [-0.3, -0.25) is 0 Å². The van der Waals surface area contributed by atoms with E-state index in [-0.39, 0.29) is 12.4 Å². The zero-order chi connectivity index (χ0) is 10.9. The largest absolute Gasteiger partial charge is 0.544 e. The molecule has 2 rings (SSSR count). The summed E-state index contributed by atoms with van der Waals surface area (Å²) in [6, 6.07) is 9.10. The van der Waals surface area contributed by atoms with Gasteiger partial charge in [-0.25, -0.2) is 0 Å². The molecule has 1 N–H and O–H groups in total. The predicted octanol–water partition coefficient (Wildman–Crippen LogP) is 3.36. The van der Waals surface area contributed by atoms with Crippen LogP contribution in [0, 0.1) is 0 Å². The average Bonchev–Trinajstić information content (AvgIpc) is 2.02. The molecule has 2 nitrogen and oxygen atoms in total. The molecule has 90 valence electrons. The summed E-state index contributed by atoms with van der Waals surface area (Å²) in [5, 5.41) is 3.40. The van der Waals surface area contributed by atoms with Gasteiger partial charge in [-0.05, 0) is 50.3 Å². The first kappa shape index (κ1) is 13.6. The van der Waals surface area contributed by atoms with Gasteiger partial charge in [0.05, 0.1) is 0 Å². The van der Waals surface area contributed by atoms with Gasteiger partial charge in [-0.2, -0.15) is 0 Å². The summed E-state index contributed by atoms with van der Waals surface area (Å²) in [5.41, 5.74) is 1.38. The molecule has 4 heteroatoms. The molecule has 1 aromatic rings. The molecule has 1 saturated heterocycles. The average molecular weight is 258 g/mol. The van der Waals surface area contributed by atoms with Crippen molar-refractivity contribution < 1.29 is 4.43 Å². The lowest BCUT2D eigenvalue weighted by Crippen LogP contribution is -2.34. The van der Waals surface area contributed by atoms with Crippen LogP contribution in [0.25, 0.3) is 0 Å². The van der Waals surface area contributed by atoms with Crippen LogP contribution in [0.1, 0.15) is 18.0 Å². The lowest BCUT2D eigenvalue weighted by molar-refractivity contribution is 0.383. The maximum atomic E-state index is 5.91. The summed E-state index contributed by atoms with van der Waals surface area (Å²) in [6.07, 6.45) is 1.26. The van der Waals surface area contributed by atoms with E-state index in [1.165, 1.54) is 12.0 Å². The highest BCUT2D eigenvalue weighted by atomic mass is 35.5. The zero-order valence-corrected chi connectivity index (χ0v) is 11.9. The van der Waals surface area contributed by atoms with Gasteiger partial charge < -0.3 is 9.74 Å². The molecule has 1 aliphatic rings. The van der Waals surface area contributed by atoms with Crippen molar-refractivity contribution in [2.45, 2.75) is 32.1 Å². The third-order valence-electron chi connectivity index (χ3n) is 2.53. The third kappa shape index (κ3) is 3.51. The Morgan fingerprint density at radius 1 is 1.19 bits per heavy atom. The SMILES string of the molecule is C[Si](C)(C)Oc1ccc([C@H]2CCN2)cc1.Cl. The van der Waals surface area contributed by atoms with E-state index in [0.717, 1.165) is 12.3 Å². The molecule has 0 unspecified atom stereocenters. The Bertz CT molecular complexity index is 330. The topological polar surface area (TPSA) is 21.3 Å². The monoisotopic (exact) mass is 257 g/mol. The Kier molecular flexibility index (Phi) is 4.41. The van der Waals surface area contributed by atoms with Crippen LogP contribution in [0.3, 0.4) is 0 Å². The van der Waals surface area contributed by atoms with Crippen LogP contribution in [-0.2, 0) is 0 Å². The van der Waals surface area contributed by atoms with Crippen molar-refractivity contribution in [3.8, 4) is 5.75 Å². The molecule has 0 aliphatic carbocycles. The van der Waals surface area contributed by atoms with E-state index < -0.39 is 8.32 Å². The number of hydrogen-bond donors (Lipinski definition) is 1. The van der Waals surface area contributed by atoms with E-state index in [1.807, 2.05) is 0 Å². The van der Waals surface area contributed by atoms with Gasteiger partial charge in [0.15, 0.2) is 0 Å². The highest BCUT2D eigenvalue weighted by Crippen LogP contribution is 2.25. The number of hydrogen-bond acceptors (Lipinski definition) is 2. The first-order valence-electron chi connectivity index (χ1n) is 5.57. The van der Waals surface area contributed by atoms with E-state index in [2.05, 4.69) is 49.2 Å². The number of benzene rings is 1. The summed E-state index contributed by atoms with van der Waals surface area (Å²) in [7, 11) is -1.45. The molecule has 0 aromatic heterocycles. The quantitative estimate of drug-likeness (QED) is 0.839. The smallest absolute Gasteiger partial charge is 0.242 e. The van der Waals surface area contributed by atoms with Crippen LogP contribution in [0.5, 0.6) is 5.75 Å². The van der Waals surface area contributed by atoms with Gasteiger partial charge in [0, 0.05) is 6.04 Å². The first-order valence-corrected chi connectivity index (χ1v) is 8.98. The molecule has 0 bridgehead atoms. The van der Waals surface area contributed by atoms with Crippen molar-refractivity contribution in [1.82, 2.24) is 5.32 Å². The molecule has 1 fully saturated rings. The summed E-state index contributed by atoms with van der Waals surface area (Å²) >= 11 is 0. The second-order valence-electron chi connectivity index (χ2n) is 5.08. The van der Waals surface area contributed by atoms with Crippen molar-refractivity contribution >= 4 is 20.7 Å². The fourth-order valence-electron chi connectivity index (χ4n) is 1.69. The van der Waals surface area contributed by atoms with E-state index in [9.17, 15) is 0 Å². The maximum absolute atomic E-state index is 5.91. The van der Waals surface area contributed by atoms with Gasteiger partial charge >= 0.3 is 0 Å². The Morgan fingerprint density at radius 2 is 1.75 bits per heavy atom. The highest BCUT2D eigenvalue weighted by molar-refractivity contribution is 6.70.